The van der Waals surface area contributed by atoms with E-state index in [1.54, 1.807) is 6.20 Å². The highest BCUT2D eigenvalue weighted by Gasteiger charge is 2.23. The fraction of sp³-hybridized carbons (Fsp3) is 0.200. The maximum absolute atomic E-state index is 11.8. The Morgan fingerprint density at radius 3 is 2.75 bits per heavy atom. The third kappa shape index (κ3) is 3.65. The minimum atomic E-state index is -0.477. The van der Waals surface area contributed by atoms with Crippen LogP contribution in [-0.2, 0) is 11.3 Å². The molecule has 0 fully saturated rings. The number of benzene rings is 1. The van der Waals surface area contributed by atoms with E-state index in [2.05, 4.69) is 20.9 Å². The fourth-order valence-corrected chi connectivity index (χ4v) is 2.57. The quantitative estimate of drug-likeness (QED) is 0.914. The zero-order valence-electron chi connectivity index (χ0n) is 11.2. The van der Waals surface area contributed by atoms with Crippen LogP contribution in [0, 0.1) is 0 Å². The van der Waals surface area contributed by atoms with E-state index in [1.165, 1.54) is 0 Å². The van der Waals surface area contributed by atoms with Crippen LogP contribution < -0.4 is 5.73 Å². The van der Waals surface area contributed by atoms with E-state index in [4.69, 9.17) is 5.73 Å². The van der Waals surface area contributed by atoms with E-state index in [1.807, 2.05) is 54.4 Å². The average Bonchev–Trinajstić information content (AvgIpc) is 2.39. The lowest BCUT2D eigenvalue weighted by Gasteiger charge is -2.25. The summed E-state index contributed by atoms with van der Waals surface area (Å²) in [5, 5.41) is 0. The van der Waals surface area contributed by atoms with Gasteiger partial charge in [-0.05, 0) is 36.9 Å². The predicted molar refractivity (Wildman–Crippen MR) is 81.8 cm³/mol. The van der Waals surface area contributed by atoms with Gasteiger partial charge < -0.3 is 5.73 Å². The Kier molecular flexibility index (Phi) is 4.87. The van der Waals surface area contributed by atoms with Crippen LogP contribution in [0.4, 0.5) is 0 Å². The average molecular weight is 334 g/mol. The monoisotopic (exact) mass is 333 g/mol. The molecule has 2 N–H and O–H groups in total. The van der Waals surface area contributed by atoms with Crippen molar-refractivity contribution in [3.63, 3.8) is 0 Å². The van der Waals surface area contributed by atoms with Gasteiger partial charge >= 0.3 is 0 Å². The number of nitrogens with two attached hydrogens (primary N) is 1. The second-order valence-electron chi connectivity index (χ2n) is 4.60. The number of rotatable bonds is 5. The molecule has 5 heteroatoms. The summed E-state index contributed by atoms with van der Waals surface area (Å²) in [6, 6.07) is 12.9. The third-order valence-corrected chi connectivity index (χ3v) is 3.51. The maximum atomic E-state index is 11.8. The minimum Gasteiger partial charge on any atom is -0.368 e. The van der Waals surface area contributed by atoms with Gasteiger partial charge in [0.05, 0.1) is 5.69 Å². The molecule has 0 aliphatic rings. The normalized spacial score (nSPS) is 12.3. The number of carbonyl (C=O) groups is 1. The Morgan fingerprint density at radius 1 is 1.35 bits per heavy atom. The predicted octanol–water partition coefficient (Wildman–Crippen LogP) is 2.50. The molecule has 0 aliphatic carbocycles. The van der Waals surface area contributed by atoms with Crippen molar-refractivity contribution in [1.82, 2.24) is 9.88 Å². The molecule has 4 nitrogen and oxygen atoms in total. The highest BCUT2D eigenvalue weighted by atomic mass is 79.9. The van der Waals surface area contributed by atoms with Gasteiger partial charge in [0.1, 0.15) is 6.04 Å². The summed E-state index contributed by atoms with van der Waals surface area (Å²) in [6.45, 7) is 0.557. The van der Waals surface area contributed by atoms with Crippen molar-refractivity contribution in [2.24, 2.45) is 5.73 Å². The summed E-state index contributed by atoms with van der Waals surface area (Å²) >= 11 is 3.41. The number of hydrogen-bond acceptors (Lipinski definition) is 3. The maximum Gasteiger partial charge on any atom is 0.239 e. The largest absolute Gasteiger partial charge is 0.368 e. The van der Waals surface area contributed by atoms with Gasteiger partial charge in [-0.1, -0.05) is 34.1 Å². The first kappa shape index (κ1) is 14.7. The first-order valence-electron chi connectivity index (χ1n) is 6.23. The number of amides is 1. The molecule has 0 bridgehead atoms. The molecule has 0 saturated heterocycles. The van der Waals surface area contributed by atoms with E-state index in [9.17, 15) is 4.79 Å². The van der Waals surface area contributed by atoms with E-state index in [0.29, 0.717) is 6.54 Å². The van der Waals surface area contributed by atoms with Gasteiger partial charge in [-0.25, -0.2) is 0 Å². The number of aromatic nitrogens is 1. The number of halogens is 1. The van der Waals surface area contributed by atoms with E-state index in [0.717, 1.165) is 15.7 Å². The summed E-state index contributed by atoms with van der Waals surface area (Å²) in [7, 11) is 1.87. The van der Waals surface area contributed by atoms with Crippen LogP contribution in [-0.4, -0.2) is 22.8 Å². The third-order valence-electron chi connectivity index (χ3n) is 3.01. The van der Waals surface area contributed by atoms with E-state index >= 15 is 0 Å². The van der Waals surface area contributed by atoms with Crippen LogP contribution in [0.15, 0.2) is 53.1 Å². The standard InChI is InChI=1S/C15H16BrN3O/c1-19(10-13-7-2-3-8-18-13)14(15(17)20)11-5-4-6-12(16)9-11/h2-9,14H,10H2,1H3,(H2,17,20)/t14-/m0/s1. The molecule has 2 aromatic rings. The molecule has 20 heavy (non-hydrogen) atoms. The van der Waals surface area contributed by atoms with E-state index < -0.39 is 6.04 Å². The van der Waals surface area contributed by atoms with E-state index in [-0.39, 0.29) is 5.91 Å². The van der Waals surface area contributed by atoms with Crippen molar-refractivity contribution < 1.29 is 4.79 Å². The van der Waals surface area contributed by atoms with Crippen LogP contribution in [0.1, 0.15) is 17.3 Å². The van der Waals surface area contributed by atoms with Gasteiger partial charge in [0.2, 0.25) is 5.91 Å². The number of primary amides is 1. The zero-order valence-corrected chi connectivity index (χ0v) is 12.7. The topological polar surface area (TPSA) is 59.2 Å². The molecule has 1 amide bonds. The highest BCUT2D eigenvalue weighted by molar-refractivity contribution is 9.10. The number of carbonyl (C=O) groups excluding carboxylic acids is 1. The lowest BCUT2D eigenvalue weighted by Crippen LogP contribution is -2.35. The first-order valence-corrected chi connectivity index (χ1v) is 7.02. The summed E-state index contributed by atoms with van der Waals surface area (Å²) in [4.78, 5) is 18.0. The van der Waals surface area contributed by atoms with Gasteiger partial charge in [0.25, 0.3) is 0 Å². The van der Waals surface area contributed by atoms with Crippen molar-refractivity contribution in [2.45, 2.75) is 12.6 Å². The van der Waals surface area contributed by atoms with Crippen LogP contribution in [0.25, 0.3) is 0 Å². The summed E-state index contributed by atoms with van der Waals surface area (Å²) < 4.78 is 0.924. The van der Waals surface area contributed by atoms with Gasteiger partial charge in [-0.2, -0.15) is 0 Å². The molecule has 1 atom stereocenters. The summed E-state index contributed by atoms with van der Waals surface area (Å²) in [5.41, 5.74) is 7.32. The molecule has 2 rings (SSSR count). The van der Waals surface area contributed by atoms with Gasteiger partial charge in [-0.15, -0.1) is 0 Å². The van der Waals surface area contributed by atoms with Crippen molar-refractivity contribution in [3.05, 3.63) is 64.4 Å². The molecule has 1 aromatic heterocycles. The molecular weight excluding hydrogens is 318 g/mol. The molecule has 1 aromatic carbocycles. The Bertz CT molecular complexity index is 589. The smallest absolute Gasteiger partial charge is 0.239 e. The van der Waals surface area contributed by atoms with Crippen LogP contribution >= 0.6 is 15.9 Å². The Hall–Kier alpha value is -1.72. The lowest BCUT2D eigenvalue weighted by molar-refractivity contribution is -0.123. The zero-order chi connectivity index (χ0) is 14.5. The molecule has 0 unspecified atom stereocenters. The Balaban J connectivity index is 2.23. The number of nitrogens with zero attached hydrogens (tertiary/aromatic N) is 2. The summed E-state index contributed by atoms with van der Waals surface area (Å²) in [5.74, 6) is -0.374. The molecule has 0 aliphatic heterocycles. The van der Waals surface area contributed by atoms with Crippen molar-refractivity contribution in [2.75, 3.05) is 7.05 Å². The lowest BCUT2D eigenvalue weighted by atomic mass is 10.0. The molecule has 0 saturated carbocycles. The van der Waals surface area contributed by atoms with Crippen LogP contribution in [0.5, 0.6) is 0 Å². The Morgan fingerprint density at radius 2 is 2.15 bits per heavy atom. The van der Waals surface area contributed by atoms with Crippen LogP contribution in [0.3, 0.4) is 0 Å². The molecule has 104 valence electrons. The second kappa shape index (κ2) is 6.63. The molecule has 0 spiro atoms. The van der Waals surface area contributed by atoms with Crippen LogP contribution in [0.2, 0.25) is 0 Å². The summed E-state index contributed by atoms with van der Waals surface area (Å²) in [6.07, 6.45) is 1.74. The first-order chi connectivity index (χ1) is 9.58. The number of likely N-dealkylation sites (N-methyl/N-ethyl adjacent to an activating group) is 1. The van der Waals surface area contributed by atoms with Crippen molar-refractivity contribution in [3.8, 4) is 0 Å². The van der Waals surface area contributed by atoms with Gasteiger partial charge in [0.15, 0.2) is 0 Å². The van der Waals surface area contributed by atoms with Crippen molar-refractivity contribution in [1.29, 1.82) is 0 Å². The molecule has 0 radical (unpaired) electrons. The molecular formula is C15H16BrN3O. The fourth-order valence-electron chi connectivity index (χ4n) is 2.15. The minimum absolute atomic E-state index is 0.374. The second-order valence-corrected chi connectivity index (χ2v) is 5.51. The Labute approximate surface area is 126 Å². The van der Waals surface area contributed by atoms with Gasteiger partial charge in [0, 0.05) is 17.2 Å². The SMILES string of the molecule is CN(Cc1ccccn1)[C@H](C(N)=O)c1cccc(Br)c1. The van der Waals surface area contributed by atoms with Crippen molar-refractivity contribution >= 4 is 21.8 Å². The highest BCUT2D eigenvalue weighted by Crippen LogP contribution is 2.23. The number of hydrogen-bond donors (Lipinski definition) is 1. The van der Waals surface area contributed by atoms with Gasteiger partial charge in [-0.3, -0.25) is 14.7 Å². The number of pyridine rings is 1. The molecule has 1 heterocycles.